The Morgan fingerprint density at radius 3 is 2.45 bits per heavy atom. The lowest BCUT2D eigenvalue weighted by Crippen LogP contribution is -2.42. The van der Waals surface area contributed by atoms with Gasteiger partial charge in [-0.3, -0.25) is 0 Å². The summed E-state index contributed by atoms with van der Waals surface area (Å²) in [5.74, 6) is -0.415. The highest BCUT2D eigenvalue weighted by Crippen LogP contribution is 2.15. The number of carbonyl (C=O) groups excluding carboxylic acids is 1. The lowest BCUT2D eigenvalue weighted by Gasteiger charge is -2.15. The van der Waals surface area contributed by atoms with Crippen molar-refractivity contribution in [1.82, 2.24) is 5.32 Å². The Morgan fingerprint density at radius 2 is 1.95 bits per heavy atom. The molecule has 120 valence electrons. The summed E-state index contributed by atoms with van der Waals surface area (Å²) in [4.78, 5) is 22.6. The lowest BCUT2D eigenvalue weighted by atomic mass is 10.1. The number of carboxylic acids is 1. The van der Waals surface area contributed by atoms with Gasteiger partial charge in [0, 0.05) is 6.42 Å². The molecule has 0 aromatic heterocycles. The van der Waals surface area contributed by atoms with E-state index in [-0.39, 0.29) is 19.1 Å². The van der Waals surface area contributed by atoms with Crippen LogP contribution in [-0.2, 0) is 16.0 Å². The van der Waals surface area contributed by atoms with Crippen LogP contribution < -0.4 is 10.1 Å². The van der Waals surface area contributed by atoms with E-state index in [9.17, 15) is 9.59 Å². The van der Waals surface area contributed by atoms with E-state index < -0.39 is 18.1 Å². The summed E-state index contributed by atoms with van der Waals surface area (Å²) in [6.07, 6.45) is 0.842. The summed E-state index contributed by atoms with van der Waals surface area (Å²) in [7, 11) is 0. The van der Waals surface area contributed by atoms with E-state index in [4.69, 9.17) is 14.6 Å². The molecule has 0 aliphatic carbocycles. The molecule has 2 N–H and O–H groups in total. The molecule has 1 amide bonds. The molecule has 1 unspecified atom stereocenters. The van der Waals surface area contributed by atoms with Crippen LogP contribution in [0.3, 0.4) is 0 Å². The molecule has 6 nitrogen and oxygen atoms in total. The number of ether oxygens (including phenoxy) is 2. The number of aliphatic carboxylic acids is 1. The van der Waals surface area contributed by atoms with Crippen LogP contribution in [0, 0.1) is 0 Å². The van der Waals surface area contributed by atoms with E-state index in [1.807, 2.05) is 13.8 Å². The number of carbonyl (C=O) groups is 2. The number of benzene rings is 1. The average Bonchev–Trinajstić information content (AvgIpc) is 2.45. The lowest BCUT2D eigenvalue weighted by molar-refractivity contribution is -0.139. The summed E-state index contributed by atoms with van der Waals surface area (Å²) >= 11 is 0. The van der Waals surface area contributed by atoms with Gasteiger partial charge in [-0.1, -0.05) is 24.8 Å². The number of hydrogen-bond donors (Lipinski definition) is 2. The summed E-state index contributed by atoms with van der Waals surface area (Å²) in [5, 5.41) is 11.5. The van der Waals surface area contributed by atoms with Crippen LogP contribution in [0.1, 0.15) is 19.4 Å². The molecule has 1 aromatic rings. The molecule has 1 atom stereocenters. The topological polar surface area (TPSA) is 84.9 Å². The molecule has 0 aliphatic heterocycles. The van der Waals surface area contributed by atoms with Gasteiger partial charge >= 0.3 is 12.1 Å². The van der Waals surface area contributed by atoms with Crippen molar-refractivity contribution in [2.24, 2.45) is 0 Å². The maximum atomic E-state index is 11.4. The third-order valence-electron chi connectivity index (χ3n) is 2.66. The van der Waals surface area contributed by atoms with Crippen LogP contribution >= 0.6 is 0 Å². The van der Waals surface area contributed by atoms with Gasteiger partial charge in [-0.2, -0.15) is 0 Å². The van der Waals surface area contributed by atoms with Crippen LogP contribution in [-0.4, -0.2) is 35.9 Å². The van der Waals surface area contributed by atoms with Gasteiger partial charge in [0.1, 0.15) is 18.4 Å². The first-order chi connectivity index (χ1) is 10.4. The Morgan fingerprint density at radius 1 is 1.32 bits per heavy atom. The largest absolute Gasteiger partial charge is 0.491 e. The molecule has 0 fully saturated rings. The standard InChI is InChI=1S/C16H21NO5/c1-4-9-21-16(20)17-14(15(18)19)10-12-5-7-13(8-6-12)22-11(2)3/h4-8,11,14H,1,9-10H2,2-3H3,(H,17,20)(H,18,19). The maximum absolute atomic E-state index is 11.4. The number of nitrogens with one attached hydrogen (secondary N) is 1. The van der Waals surface area contributed by atoms with Crippen molar-refractivity contribution in [1.29, 1.82) is 0 Å². The molecular formula is C16H21NO5. The van der Waals surface area contributed by atoms with Gasteiger partial charge in [0.05, 0.1) is 6.10 Å². The van der Waals surface area contributed by atoms with Crippen LogP contribution in [0.5, 0.6) is 5.75 Å². The van der Waals surface area contributed by atoms with Gasteiger partial charge in [-0.25, -0.2) is 9.59 Å². The first-order valence-electron chi connectivity index (χ1n) is 6.95. The number of hydrogen-bond acceptors (Lipinski definition) is 4. The fourth-order valence-corrected chi connectivity index (χ4v) is 1.73. The minimum absolute atomic E-state index is 0.0272. The smallest absolute Gasteiger partial charge is 0.408 e. The quantitative estimate of drug-likeness (QED) is 0.720. The minimum Gasteiger partial charge on any atom is -0.491 e. The van der Waals surface area contributed by atoms with E-state index in [2.05, 4.69) is 11.9 Å². The normalized spacial score (nSPS) is 11.6. The van der Waals surface area contributed by atoms with Gasteiger partial charge in [0.2, 0.25) is 0 Å². The van der Waals surface area contributed by atoms with Gasteiger partial charge in [0.25, 0.3) is 0 Å². The molecule has 1 rings (SSSR count). The zero-order valence-corrected chi connectivity index (χ0v) is 12.7. The fourth-order valence-electron chi connectivity index (χ4n) is 1.73. The molecule has 6 heteroatoms. The molecule has 0 spiro atoms. The predicted molar refractivity (Wildman–Crippen MR) is 82.0 cm³/mol. The highest BCUT2D eigenvalue weighted by molar-refractivity contribution is 5.80. The van der Waals surface area contributed by atoms with Crippen molar-refractivity contribution in [3.8, 4) is 5.75 Å². The van der Waals surface area contributed by atoms with Crippen molar-refractivity contribution in [2.75, 3.05) is 6.61 Å². The Bertz CT molecular complexity index is 510. The summed E-state index contributed by atoms with van der Waals surface area (Å²) in [5.41, 5.74) is 0.771. The highest BCUT2D eigenvalue weighted by atomic mass is 16.5. The molecule has 0 saturated carbocycles. The first kappa shape index (κ1) is 17.6. The zero-order chi connectivity index (χ0) is 16.5. The molecule has 0 radical (unpaired) electrons. The monoisotopic (exact) mass is 307 g/mol. The van der Waals surface area contributed by atoms with Crippen LogP contribution in [0.2, 0.25) is 0 Å². The van der Waals surface area contributed by atoms with Crippen molar-refractivity contribution in [2.45, 2.75) is 32.4 Å². The van der Waals surface area contributed by atoms with Crippen molar-refractivity contribution in [3.63, 3.8) is 0 Å². The SMILES string of the molecule is C=CCOC(=O)NC(Cc1ccc(OC(C)C)cc1)C(=O)O. The Labute approximate surface area is 129 Å². The van der Waals surface area contributed by atoms with E-state index >= 15 is 0 Å². The second kappa shape index (κ2) is 8.71. The van der Waals surface area contributed by atoms with Crippen LogP contribution in [0.15, 0.2) is 36.9 Å². The Kier molecular flexibility index (Phi) is 6.95. The third-order valence-corrected chi connectivity index (χ3v) is 2.66. The van der Waals surface area contributed by atoms with Gasteiger partial charge in [0.15, 0.2) is 0 Å². The predicted octanol–water partition coefficient (Wildman–Crippen LogP) is 2.38. The van der Waals surface area contributed by atoms with Gasteiger partial charge < -0.3 is 19.9 Å². The van der Waals surface area contributed by atoms with E-state index in [0.717, 1.165) is 5.56 Å². The van der Waals surface area contributed by atoms with E-state index in [0.29, 0.717) is 5.75 Å². The second-order valence-corrected chi connectivity index (χ2v) is 4.94. The Balaban J connectivity index is 2.64. The molecule has 0 bridgehead atoms. The average molecular weight is 307 g/mol. The van der Waals surface area contributed by atoms with Crippen LogP contribution in [0.25, 0.3) is 0 Å². The van der Waals surface area contributed by atoms with Crippen LogP contribution in [0.4, 0.5) is 4.79 Å². The number of alkyl carbamates (subject to hydrolysis) is 1. The molecular weight excluding hydrogens is 286 g/mol. The number of rotatable bonds is 8. The van der Waals surface area contributed by atoms with E-state index in [1.54, 1.807) is 24.3 Å². The highest BCUT2D eigenvalue weighted by Gasteiger charge is 2.21. The van der Waals surface area contributed by atoms with Gasteiger partial charge in [-0.05, 0) is 31.5 Å². The third kappa shape index (κ3) is 6.30. The molecule has 22 heavy (non-hydrogen) atoms. The fraction of sp³-hybridized carbons (Fsp3) is 0.375. The number of amides is 1. The minimum atomic E-state index is -1.13. The second-order valence-electron chi connectivity index (χ2n) is 4.94. The van der Waals surface area contributed by atoms with E-state index in [1.165, 1.54) is 6.08 Å². The van der Waals surface area contributed by atoms with Gasteiger partial charge in [-0.15, -0.1) is 0 Å². The molecule has 0 aliphatic rings. The Hall–Kier alpha value is -2.50. The maximum Gasteiger partial charge on any atom is 0.408 e. The van der Waals surface area contributed by atoms with Crippen molar-refractivity contribution < 1.29 is 24.2 Å². The zero-order valence-electron chi connectivity index (χ0n) is 12.7. The first-order valence-corrected chi connectivity index (χ1v) is 6.95. The summed E-state index contributed by atoms with van der Waals surface area (Å²) in [6, 6.07) is 6.01. The molecule has 1 aromatic carbocycles. The summed E-state index contributed by atoms with van der Waals surface area (Å²) < 4.78 is 10.2. The van der Waals surface area contributed by atoms with Crippen molar-refractivity contribution >= 4 is 12.1 Å². The molecule has 0 heterocycles. The molecule has 0 saturated heterocycles. The van der Waals surface area contributed by atoms with Crippen molar-refractivity contribution in [3.05, 3.63) is 42.5 Å². The summed E-state index contributed by atoms with van der Waals surface area (Å²) in [6.45, 7) is 7.28. The number of carboxylic acid groups (broad SMARTS) is 1.